The molecule has 1 aromatic carbocycles. The molecule has 3 heteroatoms. The molecule has 0 saturated heterocycles. The summed E-state index contributed by atoms with van der Waals surface area (Å²) in [6, 6.07) is 7.98. The van der Waals surface area contributed by atoms with Crippen molar-refractivity contribution in [2.24, 2.45) is 0 Å². The van der Waals surface area contributed by atoms with Gasteiger partial charge in [0.15, 0.2) is 0 Å². The first-order valence-corrected chi connectivity index (χ1v) is 5.98. The summed E-state index contributed by atoms with van der Waals surface area (Å²) in [4.78, 5) is 0. The van der Waals surface area contributed by atoms with E-state index in [-0.39, 0.29) is 5.88 Å². The second-order valence-corrected chi connectivity index (χ2v) is 4.39. The lowest BCUT2D eigenvalue weighted by molar-refractivity contribution is 0.430. The van der Waals surface area contributed by atoms with Crippen LogP contribution in [0.4, 0.5) is 0 Å². The summed E-state index contributed by atoms with van der Waals surface area (Å²) in [5.41, 5.74) is 3.96. The Bertz CT molecular complexity index is 512. The van der Waals surface area contributed by atoms with Gasteiger partial charge in [0.1, 0.15) is 0 Å². The van der Waals surface area contributed by atoms with Crippen molar-refractivity contribution in [3.63, 3.8) is 0 Å². The molecule has 0 atom stereocenters. The van der Waals surface area contributed by atoms with Gasteiger partial charge in [-0.05, 0) is 32.4 Å². The third-order valence-electron chi connectivity index (χ3n) is 2.95. The van der Waals surface area contributed by atoms with E-state index < -0.39 is 0 Å². The molecule has 0 aliphatic carbocycles. The number of nitrogens with zero attached hydrogens (tertiary/aromatic N) is 2. The van der Waals surface area contributed by atoms with Gasteiger partial charge in [-0.1, -0.05) is 31.0 Å². The van der Waals surface area contributed by atoms with E-state index in [2.05, 4.69) is 12.0 Å². The minimum Gasteiger partial charge on any atom is -0.493 e. The first-order valence-electron chi connectivity index (χ1n) is 5.98. The third-order valence-corrected chi connectivity index (χ3v) is 2.95. The van der Waals surface area contributed by atoms with Crippen molar-refractivity contribution in [3.05, 3.63) is 41.1 Å². The maximum absolute atomic E-state index is 10.1. The number of aromatic nitrogens is 2. The van der Waals surface area contributed by atoms with Crippen LogP contribution in [-0.4, -0.2) is 14.9 Å². The molecule has 1 aromatic heterocycles. The van der Waals surface area contributed by atoms with E-state index in [0.717, 1.165) is 29.8 Å². The van der Waals surface area contributed by atoms with E-state index in [0.29, 0.717) is 0 Å². The number of aromatic hydroxyl groups is 1. The quantitative estimate of drug-likeness (QED) is 0.879. The minimum absolute atomic E-state index is 0.248. The van der Waals surface area contributed by atoms with Gasteiger partial charge in [0.2, 0.25) is 5.88 Å². The molecule has 17 heavy (non-hydrogen) atoms. The highest BCUT2D eigenvalue weighted by Gasteiger charge is 2.13. The number of hydrogen-bond donors (Lipinski definition) is 1. The van der Waals surface area contributed by atoms with Crippen LogP contribution in [0.25, 0.3) is 5.69 Å². The zero-order valence-electron chi connectivity index (χ0n) is 10.6. The molecule has 2 rings (SSSR count). The smallest absolute Gasteiger partial charge is 0.217 e. The van der Waals surface area contributed by atoms with Gasteiger partial charge in [0, 0.05) is 5.56 Å². The Morgan fingerprint density at radius 3 is 2.41 bits per heavy atom. The van der Waals surface area contributed by atoms with Gasteiger partial charge in [-0.3, -0.25) is 0 Å². The molecule has 0 amide bonds. The molecule has 3 nitrogen and oxygen atoms in total. The summed E-state index contributed by atoms with van der Waals surface area (Å²) in [5, 5.41) is 14.5. The van der Waals surface area contributed by atoms with Crippen molar-refractivity contribution in [2.75, 3.05) is 0 Å². The molecule has 0 spiro atoms. The van der Waals surface area contributed by atoms with Crippen molar-refractivity contribution in [1.29, 1.82) is 0 Å². The lowest BCUT2D eigenvalue weighted by Crippen LogP contribution is -1.96. The molecule has 1 heterocycles. The van der Waals surface area contributed by atoms with Crippen LogP contribution in [0.2, 0.25) is 0 Å². The minimum atomic E-state index is 0.248. The normalized spacial score (nSPS) is 10.8. The Kier molecular flexibility index (Phi) is 3.18. The molecular weight excluding hydrogens is 212 g/mol. The fourth-order valence-electron chi connectivity index (χ4n) is 1.87. The zero-order valence-corrected chi connectivity index (χ0v) is 10.6. The summed E-state index contributed by atoms with van der Waals surface area (Å²) in [7, 11) is 0. The van der Waals surface area contributed by atoms with E-state index in [1.165, 1.54) is 5.56 Å². The monoisotopic (exact) mass is 230 g/mol. The van der Waals surface area contributed by atoms with Crippen molar-refractivity contribution in [2.45, 2.75) is 33.6 Å². The van der Waals surface area contributed by atoms with Crippen LogP contribution in [-0.2, 0) is 6.42 Å². The SMILES string of the molecule is CCCc1nn(-c2ccc(C)cc2)c(O)c1C. The Morgan fingerprint density at radius 2 is 1.82 bits per heavy atom. The summed E-state index contributed by atoms with van der Waals surface area (Å²) in [6.07, 6.45) is 1.93. The number of rotatable bonds is 3. The van der Waals surface area contributed by atoms with Crippen molar-refractivity contribution < 1.29 is 5.11 Å². The Morgan fingerprint density at radius 1 is 1.18 bits per heavy atom. The Balaban J connectivity index is 2.45. The van der Waals surface area contributed by atoms with Crippen LogP contribution in [0.1, 0.15) is 30.2 Å². The highest BCUT2D eigenvalue weighted by atomic mass is 16.3. The zero-order chi connectivity index (χ0) is 12.4. The predicted octanol–water partition coefficient (Wildman–Crippen LogP) is 3.15. The lowest BCUT2D eigenvalue weighted by atomic mass is 10.2. The van der Waals surface area contributed by atoms with E-state index in [1.807, 2.05) is 38.1 Å². The van der Waals surface area contributed by atoms with Crippen LogP contribution >= 0.6 is 0 Å². The van der Waals surface area contributed by atoms with E-state index in [9.17, 15) is 5.11 Å². The molecule has 1 N–H and O–H groups in total. The molecule has 90 valence electrons. The topological polar surface area (TPSA) is 38.0 Å². The number of benzene rings is 1. The van der Waals surface area contributed by atoms with Crippen LogP contribution in [0.15, 0.2) is 24.3 Å². The molecule has 0 unspecified atom stereocenters. The lowest BCUT2D eigenvalue weighted by Gasteiger charge is -2.03. The summed E-state index contributed by atoms with van der Waals surface area (Å²) in [5.74, 6) is 0.248. The predicted molar refractivity (Wildman–Crippen MR) is 68.7 cm³/mol. The standard InChI is InChI=1S/C14H18N2O/c1-4-5-13-11(3)14(17)16(15-13)12-8-6-10(2)7-9-12/h6-9,17H,4-5H2,1-3H3. The van der Waals surface area contributed by atoms with Crippen LogP contribution in [0.3, 0.4) is 0 Å². The molecule has 0 fully saturated rings. The summed E-state index contributed by atoms with van der Waals surface area (Å²) in [6.45, 7) is 6.07. The average molecular weight is 230 g/mol. The van der Waals surface area contributed by atoms with Gasteiger partial charge >= 0.3 is 0 Å². The molecule has 2 aromatic rings. The maximum Gasteiger partial charge on any atom is 0.217 e. The second kappa shape index (κ2) is 4.62. The Labute approximate surface area is 102 Å². The summed E-state index contributed by atoms with van der Waals surface area (Å²) >= 11 is 0. The van der Waals surface area contributed by atoms with E-state index >= 15 is 0 Å². The highest BCUT2D eigenvalue weighted by molar-refractivity contribution is 5.41. The maximum atomic E-state index is 10.1. The fraction of sp³-hybridized carbons (Fsp3) is 0.357. The summed E-state index contributed by atoms with van der Waals surface area (Å²) < 4.78 is 1.61. The van der Waals surface area contributed by atoms with Crippen LogP contribution in [0, 0.1) is 13.8 Å². The molecule has 0 bridgehead atoms. The van der Waals surface area contributed by atoms with Crippen molar-refractivity contribution in [1.82, 2.24) is 9.78 Å². The number of hydrogen-bond acceptors (Lipinski definition) is 2. The largest absolute Gasteiger partial charge is 0.493 e. The first-order chi connectivity index (χ1) is 8.13. The van der Waals surface area contributed by atoms with Crippen LogP contribution < -0.4 is 0 Å². The average Bonchev–Trinajstić information content (AvgIpc) is 2.59. The molecule has 0 aliphatic rings. The Hall–Kier alpha value is -1.77. The molecule has 0 saturated carbocycles. The van der Waals surface area contributed by atoms with Crippen LogP contribution in [0.5, 0.6) is 5.88 Å². The fourth-order valence-corrected chi connectivity index (χ4v) is 1.87. The highest BCUT2D eigenvalue weighted by Crippen LogP contribution is 2.24. The molecule has 0 radical (unpaired) electrons. The first kappa shape index (κ1) is 11.7. The van der Waals surface area contributed by atoms with Gasteiger partial charge in [0.05, 0.1) is 11.4 Å². The van der Waals surface area contributed by atoms with Gasteiger partial charge < -0.3 is 5.11 Å². The van der Waals surface area contributed by atoms with E-state index in [4.69, 9.17) is 0 Å². The van der Waals surface area contributed by atoms with Gasteiger partial charge in [-0.25, -0.2) is 4.68 Å². The number of aryl methyl sites for hydroxylation is 2. The van der Waals surface area contributed by atoms with E-state index in [1.54, 1.807) is 4.68 Å². The molecular formula is C14H18N2O. The molecule has 0 aliphatic heterocycles. The van der Waals surface area contributed by atoms with Crippen molar-refractivity contribution in [3.8, 4) is 11.6 Å². The van der Waals surface area contributed by atoms with Crippen molar-refractivity contribution >= 4 is 0 Å². The van der Waals surface area contributed by atoms with Gasteiger partial charge in [0.25, 0.3) is 0 Å². The van der Waals surface area contributed by atoms with Gasteiger partial charge in [-0.2, -0.15) is 5.10 Å². The second-order valence-electron chi connectivity index (χ2n) is 4.39. The van der Waals surface area contributed by atoms with Gasteiger partial charge in [-0.15, -0.1) is 0 Å². The third kappa shape index (κ3) is 2.18.